The number of Topliss-reactive ketones (excluding diaryl/α,β-unsaturated/α-hetero) is 1. The van der Waals surface area contributed by atoms with Crippen LogP contribution in [0.1, 0.15) is 29.3 Å². The van der Waals surface area contributed by atoms with Crippen molar-refractivity contribution in [2.24, 2.45) is 0 Å². The Kier molecular flexibility index (Phi) is 6.97. The Morgan fingerprint density at radius 2 is 1.67 bits per heavy atom. The zero-order valence-corrected chi connectivity index (χ0v) is 20.3. The Balaban J connectivity index is 1.49. The van der Waals surface area contributed by atoms with Gasteiger partial charge in [-0.2, -0.15) is 5.10 Å². The lowest BCUT2D eigenvalue weighted by molar-refractivity contribution is -0.140. The highest BCUT2D eigenvalue weighted by Gasteiger charge is 2.46. The number of likely N-dealkylation sites (tertiary alicyclic amines) is 1. The normalized spacial score (nSPS) is 20.2. The molecule has 186 valence electrons. The number of para-hydroxylation sites is 1. The van der Waals surface area contributed by atoms with Crippen LogP contribution in [-0.4, -0.2) is 75.8 Å². The second-order valence-corrected chi connectivity index (χ2v) is 9.10. The Labute approximate surface area is 210 Å². The summed E-state index contributed by atoms with van der Waals surface area (Å²) in [5.74, 6) is -1.45. The summed E-state index contributed by atoms with van der Waals surface area (Å²) in [5.41, 5.74) is 2.86. The van der Waals surface area contributed by atoms with E-state index >= 15 is 0 Å². The van der Waals surface area contributed by atoms with Crippen molar-refractivity contribution in [3.05, 3.63) is 89.3 Å². The molecule has 8 nitrogen and oxygen atoms in total. The first-order valence-corrected chi connectivity index (χ1v) is 12.3. The monoisotopic (exact) mass is 486 g/mol. The second kappa shape index (κ2) is 10.5. The maximum absolute atomic E-state index is 13.3. The number of ether oxygens (including phenoxy) is 1. The topological polar surface area (TPSA) is 87.9 Å². The van der Waals surface area contributed by atoms with Gasteiger partial charge in [0.25, 0.3) is 11.7 Å². The number of aromatic nitrogens is 2. The van der Waals surface area contributed by atoms with E-state index in [0.29, 0.717) is 31.0 Å². The molecule has 2 aliphatic heterocycles. The summed E-state index contributed by atoms with van der Waals surface area (Å²) >= 11 is 0. The zero-order valence-electron chi connectivity index (χ0n) is 20.3. The van der Waals surface area contributed by atoms with Crippen molar-refractivity contribution < 1.29 is 19.4 Å². The standard InChI is InChI=1S/C28H30N4O4/c1-20-23(19-29-32(20)22-11-6-3-7-12-22)26(33)24-25(21-9-4-2-5-10-21)31(28(35)27(24)34)14-8-13-30-15-17-36-18-16-30/h2-7,9-12,19,25,33H,8,13-18H2,1H3/b26-24-. The molecule has 0 radical (unpaired) electrons. The third-order valence-electron chi connectivity index (χ3n) is 6.90. The molecule has 1 amide bonds. The largest absolute Gasteiger partial charge is 0.507 e. The molecule has 2 aromatic carbocycles. The number of hydrogen-bond acceptors (Lipinski definition) is 6. The summed E-state index contributed by atoms with van der Waals surface area (Å²) < 4.78 is 7.13. The van der Waals surface area contributed by atoms with Crippen LogP contribution in [0.4, 0.5) is 0 Å². The van der Waals surface area contributed by atoms with Crippen molar-refractivity contribution in [1.29, 1.82) is 0 Å². The number of amides is 1. The van der Waals surface area contributed by atoms with Gasteiger partial charge in [-0.05, 0) is 31.0 Å². The number of aliphatic hydroxyl groups is 1. The van der Waals surface area contributed by atoms with Gasteiger partial charge in [-0.15, -0.1) is 0 Å². The fraction of sp³-hybridized carbons (Fsp3) is 0.321. The van der Waals surface area contributed by atoms with Crippen LogP contribution in [-0.2, 0) is 14.3 Å². The van der Waals surface area contributed by atoms with Gasteiger partial charge in [0.1, 0.15) is 5.76 Å². The van der Waals surface area contributed by atoms with Crippen molar-refractivity contribution in [1.82, 2.24) is 19.6 Å². The van der Waals surface area contributed by atoms with Crippen LogP contribution in [0.3, 0.4) is 0 Å². The molecule has 8 heteroatoms. The van der Waals surface area contributed by atoms with Crippen molar-refractivity contribution in [2.75, 3.05) is 39.4 Å². The van der Waals surface area contributed by atoms with E-state index in [4.69, 9.17) is 4.74 Å². The van der Waals surface area contributed by atoms with Crippen LogP contribution in [0.15, 0.2) is 72.4 Å². The highest BCUT2D eigenvalue weighted by Crippen LogP contribution is 2.40. The summed E-state index contributed by atoms with van der Waals surface area (Å²) in [5, 5.41) is 15.9. The van der Waals surface area contributed by atoms with Gasteiger partial charge in [0, 0.05) is 26.2 Å². The fourth-order valence-corrected chi connectivity index (χ4v) is 5.00. The van der Waals surface area contributed by atoms with Crippen LogP contribution < -0.4 is 0 Å². The predicted octanol–water partition coefficient (Wildman–Crippen LogP) is 3.32. The number of ketones is 1. The maximum Gasteiger partial charge on any atom is 0.295 e. The number of carbonyl (C=O) groups excluding carboxylic acids is 2. The Hall–Kier alpha value is -3.75. The molecular formula is C28H30N4O4. The van der Waals surface area contributed by atoms with Crippen LogP contribution in [0.25, 0.3) is 11.4 Å². The minimum atomic E-state index is -0.667. The minimum Gasteiger partial charge on any atom is -0.507 e. The number of morpholine rings is 1. The van der Waals surface area contributed by atoms with E-state index in [0.717, 1.165) is 37.3 Å². The van der Waals surface area contributed by atoms with Gasteiger partial charge in [0.2, 0.25) is 0 Å². The minimum absolute atomic E-state index is 0.105. The van der Waals surface area contributed by atoms with Crippen molar-refractivity contribution >= 4 is 17.4 Å². The summed E-state index contributed by atoms with van der Waals surface area (Å²) in [6, 6.07) is 18.3. The molecule has 1 aromatic heterocycles. The Morgan fingerprint density at radius 1 is 1.00 bits per heavy atom. The number of carbonyl (C=O) groups is 2. The number of rotatable bonds is 7. The lowest BCUT2D eigenvalue weighted by Crippen LogP contribution is -2.38. The summed E-state index contributed by atoms with van der Waals surface area (Å²) in [6.07, 6.45) is 2.27. The highest BCUT2D eigenvalue weighted by molar-refractivity contribution is 6.46. The lowest BCUT2D eigenvalue weighted by atomic mass is 9.95. The number of nitrogens with zero attached hydrogens (tertiary/aromatic N) is 4. The molecule has 1 N–H and O–H groups in total. The Bertz CT molecular complexity index is 1260. The quantitative estimate of drug-likeness (QED) is 0.313. The molecule has 2 aliphatic rings. The molecule has 5 rings (SSSR count). The van der Waals surface area contributed by atoms with Gasteiger partial charge in [-0.25, -0.2) is 4.68 Å². The lowest BCUT2D eigenvalue weighted by Gasteiger charge is -2.29. The molecule has 3 aromatic rings. The molecule has 0 spiro atoms. The Morgan fingerprint density at radius 3 is 2.36 bits per heavy atom. The van der Waals surface area contributed by atoms with Gasteiger partial charge < -0.3 is 14.7 Å². The van der Waals surface area contributed by atoms with E-state index in [1.54, 1.807) is 15.8 Å². The van der Waals surface area contributed by atoms with Crippen LogP contribution >= 0.6 is 0 Å². The molecule has 1 atom stereocenters. The first-order chi connectivity index (χ1) is 17.6. The van der Waals surface area contributed by atoms with E-state index in [1.807, 2.05) is 67.6 Å². The van der Waals surface area contributed by atoms with Crippen molar-refractivity contribution in [3.8, 4) is 5.69 Å². The van der Waals surface area contributed by atoms with Gasteiger partial charge >= 0.3 is 0 Å². The summed E-state index contributed by atoms with van der Waals surface area (Å²) in [6.45, 7) is 6.23. The number of aliphatic hydroxyl groups excluding tert-OH is 1. The van der Waals surface area contributed by atoms with Crippen molar-refractivity contribution in [3.63, 3.8) is 0 Å². The zero-order chi connectivity index (χ0) is 25.1. The second-order valence-electron chi connectivity index (χ2n) is 9.10. The van der Waals surface area contributed by atoms with Gasteiger partial charge in [-0.3, -0.25) is 14.5 Å². The van der Waals surface area contributed by atoms with E-state index in [-0.39, 0.29) is 11.3 Å². The average Bonchev–Trinajstić information content (AvgIpc) is 3.42. The van der Waals surface area contributed by atoms with Crippen molar-refractivity contribution in [2.45, 2.75) is 19.4 Å². The number of benzene rings is 2. The van der Waals surface area contributed by atoms with Gasteiger partial charge in [0.15, 0.2) is 0 Å². The van der Waals surface area contributed by atoms with Gasteiger partial charge in [0.05, 0.1) is 48.0 Å². The third-order valence-corrected chi connectivity index (χ3v) is 6.90. The number of hydrogen-bond donors (Lipinski definition) is 1. The van der Waals surface area contributed by atoms with Gasteiger partial charge in [-0.1, -0.05) is 48.5 Å². The third kappa shape index (κ3) is 4.57. The maximum atomic E-state index is 13.3. The molecule has 2 saturated heterocycles. The van der Waals surface area contributed by atoms with Crippen LogP contribution in [0.2, 0.25) is 0 Å². The molecule has 3 heterocycles. The predicted molar refractivity (Wildman–Crippen MR) is 136 cm³/mol. The van der Waals surface area contributed by atoms with Crippen LogP contribution in [0.5, 0.6) is 0 Å². The summed E-state index contributed by atoms with van der Waals surface area (Å²) in [4.78, 5) is 30.4. The van der Waals surface area contributed by atoms with Crippen LogP contribution in [0, 0.1) is 6.92 Å². The molecule has 36 heavy (non-hydrogen) atoms. The SMILES string of the molecule is Cc1c(/C(O)=C2/C(=O)C(=O)N(CCCN3CCOCC3)C2c2ccccc2)cnn1-c1ccccc1. The first kappa shape index (κ1) is 24.0. The molecule has 0 aliphatic carbocycles. The molecule has 0 bridgehead atoms. The van der Waals surface area contributed by atoms with E-state index in [2.05, 4.69) is 10.00 Å². The molecule has 1 unspecified atom stereocenters. The average molecular weight is 487 g/mol. The molecule has 2 fully saturated rings. The fourth-order valence-electron chi connectivity index (χ4n) is 5.00. The highest BCUT2D eigenvalue weighted by atomic mass is 16.5. The molecule has 0 saturated carbocycles. The van der Waals surface area contributed by atoms with E-state index < -0.39 is 17.7 Å². The molecular weight excluding hydrogens is 456 g/mol. The summed E-state index contributed by atoms with van der Waals surface area (Å²) in [7, 11) is 0. The van der Waals surface area contributed by atoms with E-state index in [1.165, 1.54) is 0 Å². The smallest absolute Gasteiger partial charge is 0.295 e. The first-order valence-electron chi connectivity index (χ1n) is 12.3. The van der Waals surface area contributed by atoms with E-state index in [9.17, 15) is 14.7 Å².